The van der Waals surface area contributed by atoms with E-state index in [0.717, 1.165) is 87.2 Å². The lowest BCUT2D eigenvalue weighted by atomic mass is 10.0. The van der Waals surface area contributed by atoms with E-state index in [1.165, 1.54) is 12.1 Å². The normalized spacial score (nSPS) is 14.3. The number of aromatic amines is 2. The van der Waals surface area contributed by atoms with Gasteiger partial charge in [-0.15, -0.1) is 0 Å². The third-order valence-electron chi connectivity index (χ3n) is 7.21. The molecule has 8 nitrogen and oxygen atoms in total. The van der Waals surface area contributed by atoms with Crippen LogP contribution in [0, 0.1) is 12.7 Å². The summed E-state index contributed by atoms with van der Waals surface area (Å²) in [6.45, 7) is 3.82. The smallest absolute Gasteiger partial charge is 0.155 e. The molecule has 39 heavy (non-hydrogen) atoms. The summed E-state index contributed by atoms with van der Waals surface area (Å²) < 4.78 is 20.4. The topological polar surface area (TPSA) is 104 Å². The monoisotopic (exact) mass is 519 g/mol. The van der Waals surface area contributed by atoms with Gasteiger partial charge >= 0.3 is 0 Å². The molecular formula is C30H26FN7O. The van der Waals surface area contributed by atoms with Gasteiger partial charge in [-0.3, -0.25) is 15.1 Å². The highest BCUT2D eigenvalue weighted by Crippen LogP contribution is 2.35. The van der Waals surface area contributed by atoms with Crippen molar-refractivity contribution in [2.75, 3.05) is 13.1 Å². The van der Waals surface area contributed by atoms with Gasteiger partial charge in [-0.25, -0.2) is 9.37 Å². The maximum absolute atomic E-state index is 14.2. The number of pyridine rings is 3. The summed E-state index contributed by atoms with van der Waals surface area (Å²) in [7, 11) is 0. The molecule has 9 heteroatoms. The van der Waals surface area contributed by atoms with Gasteiger partial charge in [0.25, 0.3) is 0 Å². The van der Waals surface area contributed by atoms with Crippen LogP contribution in [0.2, 0.25) is 0 Å². The molecule has 0 aliphatic carbocycles. The largest absolute Gasteiger partial charge is 0.489 e. The van der Waals surface area contributed by atoms with Crippen molar-refractivity contribution < 1.29 is 9.13 Å². The van der Waals surface area contributed by atoms with Crippen molar-refractivity contribution in [2.24, 2.45) is 0 Å². The van der Waals surface area contributed by atoms with Gasteiger partial charge in [0, 0.05) is 46.1 Å². The third kappa shape index (κ3) is 4.51. The van der Waals surface area contributed by atoms with Crippen LogP contribution in [-0.4, -0.2) is 49.3 Å². The Morgan fingerprint density at radius 1 is 0.846 bits per heavy atom. The second kappa shape index (κ2) is 9.59. The number of nitrogens with zero attached hydrogens (tertiary/aromatic N) is 4. The molecule has 1 aliphatic rings. The number of rotatable bonds is 5. The summed E-state index contributed by atoms with van der Waals surface area (Å²) >= 11 is 0. The summed E-state index contributed by atoms with van der Waals surface area (Å²) in [6, 6.07) is 11.1. The Morgan fingerprint density at radius 3 is 2.56 bits per heavy atom. The maximum atomic E-state index is 14.2. The Labute approximate surface area is 223 Å². The highest BCUT2D eigenvalue weighted by molar-refractivity contribution is 6.00. The average molecular weight is 520 g/mol. The second-order valence-corrected chi connectivity index (χ2v) is 10.0. The summed E-state index contributed by atoms with van der Waals surface area (Å²) in [6.07, 6.45) is 11.1. The Kier molecular flexibility index (Phi) is 5.78. The van der Waals surface area contributed by atoms with E-state index in [-0.39, 0.29) is 11.9 Å². The number of hydrogen-bond donors (Lipinski definition) is 3. The number of piperidine rings is 1. The van der Waals surface area contributed by atoms with Crippen molar-refractivity contribution in [3.63, 3.8) is 0 Å². The number of benzene rings is 1. The standard InChI is InChI=1S/C30H26FN7O/c1-17-6-18(8-21(31)7-17)26-15-34-16-28-24(26)11-27(36-28)29-25-10-20(13-35-30(25)38-37-29)19-9-23(14-33-12-19)39-22-2-4-32-5-3-22/h6-16,22,32,36H,2-5H2,1H3,(H,35,37,38). The number of halogens is 1. The van der Waals surface area contributed by atoms with E-state index in [1.54, 1.807) is 18.6 Å². The van der Waals surface area contributed by atoms with E-state index in [2.05, 4.69) is 41.5 Å². The van der Waals surface area contributed by atoms with Crippen LogP contribution >= 0.6 is 0 Å². The van der Waals surface area contributed by atoms with Crippen molar-refractivity contribution in [3.8, 4) is 39.4 Å². The predicted molar refractivity (Wildman–Crippen MR) is 149 cm³/mol. The first-order chi connectivity index (χ1) is 19.1. The average Bonchev–Trinajstić information content (AvgIpc) is 3.57. The van der Waals surface area contributed by atoms with Gasteiger partial charge in [0.2, 0.25) is 0 Å². The summed E-state index contributed by atoms with van der Waals surface area (Å²) in [5, 5.41) is 12.8. The molecule has 0 saturated carbocycles. The van der Waals surface area contributed by atoms with Gasteiger partial charge in [-0.2, -0.15) is 5.10 Å². The van der Waals surface area contributed by atoms with Gasteiger partial charge in [0.15, 0.2) is 5.65 Å². The molecule has 0 radical (unpaired) electrons. The van der Waals surface area contributed by atoms with Crippen LogP contribution < -0.4 is 10.1 Å². The van der Waals surface area contributed by atoms with Crippen LogP contribution in [0.3, 0.4) is 0 Å². The lowest BCUT2D eigenvalue weighted by Gasteiger charge is -2.23. The van der Waals surface area contributed by atoms with E-state index >= 15 is 0 Å². The zero-order valence-corrected chi connectivity index (χ0v) is 21.3. The molecule has 1 saturated heterocycles. The fraction of sp³-hybridized carbons (Fsp3) is 0.200. The van der Waals surface area contributed by atoms with Crippen molar-refractivity contribution in [1.29, 1.82) is 0 Å². The molecule has 3 N–H and O–H groups in total. The van der Waals surface area contributed by atoms with Gasteiger partial charge in [0.05, 0.1) is 23.6 Å². The van der Waals surface area contributed by atoms with E-state index in [0.29, 0.717) is 5.65 Å². The Balaban J connectivity index is 1.26. The van der Waals surface area contributed by atoms with Crippen molar-refractivity contribution in [3.05, 3.63) is 78.8 Å². The number of aromatic nitrogens is 6. The number of ether oxygens (including phenoxy) is 1. The molecule has 6 heterocycles. The highest BCUT2D eigenvalue weighted by Gasteiger charge is 2.17. The molecule has 0 amide bonds. The highest BCUT2D eigenvalue weighted by atomic mass is 19.1. The van der Waals surface area contributed by atoms with Crippen molar-refractivity contribution in [1.82, 2.24) is 35.5 Å². The van der Waals surface area contributed by atoms with Gasteiger partial charge in [-0.05, 0) is 74.3 Å². The number of fused-ring (bicyclic) bond motifs is 2. The van der Waals surface area contributed by atoms with Crippen LogP contribution in [0.5, 0.6) is 5.75 Å². The molecule has 194 valence electrons. The predicted octanol–water partition coefficient (Wildman–Crippen LogP) is 5.81. The Bertz CT molecular complexity index is 1800. The number of aryl methyl sites for hydroxylation is 1. The molecule has 0 unspecified atom stereocenters. The fourth-order valence-electron chi connectivity index (χ4n) is 5.31. The summed E-state index contributed by atoms with van der Waals surface area (Å²) in [5.74, 6) is 0.490. The molecule has 0 spiro atoms. The minimum absolute atomic E-state index is 0.196. The van der Waals surface area contributed by atoms with Crippen LogP contribution in [0.4, 0.5) is 4.39 Å². The maximum Gasteiger partial charge on any atom is 0.155 e. The minimum Gasteiger partial charge on any atom is -0.489 e. The lowest BCUT2D eigenvalue weighted by molar-refractivity contribution is 0.162. The molecule has 0 atom stereocenters. The van der Waals surface area contributed by atoms with E-state index < -0.39 is 0 Å². The molecule has 5 aromatic heterocycles. The lowest BCUT2D eigenvalue weighted by Crippen LogP contribution is -2.34. The van der Waals surface area contributed by atoms with Gasteiger partial charge in [-0.1, -0.05) is 6.07 Å². The molecule has 1 fully saturated rings. The molecule has 1 aromatic carbocycles. The van der Waals surface area contributed by atoms with Crippen molar-refractivity contribution in [2.45, 2.75) is 25.9 Å². The van der Waals surface area contributed by atoms with Crippen LogP contribution in [0.1, 0.15) is 18.4 Å². The van der Waals surface area contributed by atoms with Crippen molar-refractivity contribution >= 4 is 21.9 Å². The zero-order chi connectivity index (χ0) is 26.3. The minimum atomic E-state index is -0.269. The number of H-pyrrole nitrogens is 2. The van der Waals surface area contributed by atoms with E-state index in [4.69, 9.17) is 4.74 Å². The SMILES string of the molecule is Cc1cc(F)cc(-c2cncc3[nH]c(-c4n[nH]c5ncc(-c6cncc(OC7CCNCC7)c6)cc45)cc23)c1. The van der Waals surface area contributed by atoms with E-state index in [1.807, 2.05) is 37.5 Å². The molecule has 0 bridgehead atoms. The first-order valence-corrected chi connectivity index (χ1v) is 13.0. The first-order valence-electron chi connectivity index (χ1n) is 13.0. The third-order valence-corrected chi connectivity index (χ3v) is 7.21. The number of nitrogens with one attached hydrogen (secondary N) is 3. The molecular weight excluding hydrogens is 493 g/mol. The fourth-order valence-corrected chi connectivity index (χ4v) is 5.31. The Hall–Kier alpha value is -4.63. The summed E-state index contributed by atoms with van der Waals surface area (Å²) in [5.41, 5.74) is 7.42. The first kappa shape index (κ1) is 23.5. The van der Waals surface area contributed by atoms with Crippen LogP contribution in [-0.2, 0) is 0 Å². The van der Waals surface area contributed by atoms with Crippen LogP contribution in [0.15, 0.2) is 67.4 Å². The molecule has 1 aliphatic heterocycles. The molecule has 6 aromatic rings. The number of hydrogen-bond acceptors (Lipinski definition) is 6. The quantitative estimate of drug-likeness (QED) is 0.266. The summed E-state index contributed by atoms with van der Waals surface area (Å²) in [4.78, 5) is 16.9. The van der Waals surface area contributed by atoms with Crippen LogP contribution in [0.25, 0.3) is 55.6 Å². The zero-order valence-electron chi connectivity index (χ0n) is 21.3. The van der Waals surface area contributed by atoms with Gasteiger partial charge in [0.1, 0.15) is 23.4 Å². The Morgan fingerprint density at radius 2 is 1.69 bits per heavy atom. The second-order valence-electron chi connectivity index (χ2n) is 10.0. The molecule has 7 rings (SSSR count). The van der Waals surface area contributed by atoms with Gasteiger partial charge < -0.3 is 15.0 Å². The van der Waals surface area contributed by atoms with E-state index in [9.17, 15) is 4.39 Å².